The lowest BCUT2D eigenvalue weighted by atomic mass is 10.1. The highest BCUT2D eigenvalue weighted by atomic mass is 32.1. The SMILES string of the molecule is N#CN(C(=N)Oc1ccccc1)c1cccc(NC(=O)c2sccc2NCc2ccnc3ccccc23)c1. The molecule has 38 heavy (non-hydrogen) atoms. The second-order valence-corrected chi connectivity index (χ2v) is 9.08. The van der Waals surface area contributed by atoms with Crippen LogP contribution in [0.2, 0.25) is 0 Å². The molecule has 3 aromatic carbocycles. The summed E-state index contributed by atoms with van der Waals surface area (Å²) in [6.07, 6.45) is 3.74. The lowest BCUT2D eigenvalue weighted by Gasteiger charge is -2.17. The lowest BCUT2D eigenvalue weighted by Crippen LogP contribution is -2.29. The topological polar surface area (TPSA) is 114 Å². The Kier molecular flexibility index (Phi) is 7.25. The van der Waals surface area contributed by atoms with Gasteiger partial charge in [-0.3, -0.25) is 9.78 Å². The summed E-state index contributed by atoms with van der Waals surface area (Å²) in [7, 11) is 0. The molecule has 9 heteroatoms. The van der Waals surface area contributed by atoms with Crippen LogP contribution < -0.4 is 20.3 Å². The third-order valence-electron chi connectivity index (χ3n) is 5.70. The van der Waals surface area contributed by atoms with Gasteiger partial charge in [0.2, 0.25) is 0 Å². The molecule has 2 aromatic heterocycles. The van der Waals surface area contributed by atoms with Crippen molar-refractivity contribution in [2.24, 2.45) is 0 Å². The average molecular weight is 519 g/mol. The number of para-hydroxylation sites is 2. The Morgan fingerprint density at radius 2 is 1.84 bits per heavy atom. The number of rotatable bonds is 7. The molecule has 5 aromatic rings. The number of pyridine rings is 1. The van der Waals surface area contributed by atoms with E-state index < -0.39 is 0 Å². The van der Waals surface area contributed by atoms with Crippen molar-refractivity contribution in [3.63, 3.8) is 0 Å². The summed E-state index contributed by atoms with van der Waals surface area (Å²) in [4.78, 5) is 19.1. The minimum atomic E-state index is -0.351. The van der Waals surface area contributed by atoms with Crippen LogP contribution in [0.4, 0.5) is 17.1 Å². The van der Waals surface area contributed by atoms with Gasteiger partial charge in [-0.1, -0.05) is 42.5 Å². The highest BCUT2D eigenvalue weighted by molar-refractivity contribution is 7.12. The number of fused-ring (bicyclic) bond motifs is 1. The molecule has 1 amide bonds. The lowest BCUT2D eigenvalue weighted by molar-refractivity contribution is 0.103. The fraction of sp³-hybridized carbons (Fsp3) is 0.0345. The van der Waals surface area contributed by atoms with Crippen LogP contribution in [0.1, 0.15) is 15.2 Å². The number of benzene rings is 3. The van der Waals surface area contributed by atoms with E-state index in [0.29, 0.717) is 28.5 Å². The van der Waals surface area contributed by atoms with Crippen LogP contribution in [0, 0.1) is 16.9 Å². The first-order chi connectivity index (χ1) is 18.6. The molecule has 8 nitrogen and oxygen atoms in total. The predicted octanol–water partition coefficient (Wildman–Crippen LogP) is 6.46. The van der Waals surface area contributed by atoms with Crippen molar-refractivity contribution in [3.8, 4) is 11.9 Å². The molecule has 0 radical (unpaired) electrons. The van der Waals surface area contributed by atoms with E-state index >= 15 is 0 Å². The molecular formula is C29H22N6O2S. The van der Waals surface area contributed by atoms with E-state index in [0.717, 1.165) is 27.1 Å². The van der Waals surface area contributed by atoms with Gasteiger partial charge in [0.15, 0.2) is 6.19 Å². The fourth-order valence-corrected chi connectivity index (χ4v) is 4.67. The smallest absolute Gasteiger partial charge is 0.308 e. The zero-order valence-corrected chi connectivity index (χ0v) is 20.9. The van der Waals surface area contributed by atoms with Crippen LogP contribution in [0.25, 0.3) is 10.9 Å². The standard InChI is InChI=1S/C29H22N6O2S/c30-19-35(29(31)37-23-9-2-1-3-10-23)22-8-6-7-21(17-22)34-28(36)27-26(14-16-38-27)33-18-20-13-15-32-25-12-5-4-11-24(20)25/h1-17,31,33H,18H2,(H,34,36). The minimum absolute atomic E-state index is 0.279. The highest BCUT2D eigenvalue weighted by Crippen LogP contribution is 2.27. The van der Waals surface area contributed by atoms with Crippen molar-refractivity contribution in [2.75, 3.05) is 15.5 Å². The highest BCUT2D eigenvalue weighted by Gasteiger charge is 2.17. The van der Waals surface area contributed by atoms with Crippen molar-refractivity contribution in [3.05, 3.63) is 113 Å². The van der Waals surface area contributed by atoms with E-state index in [1.165, 1.54) is 11.3 Å². The first-order valence-corrected chi connectivity index (χ1v) is 12.6. The van der Waals surface area contributed by atoms with E-state index in [1.54, 1.807) is 54.7 Å². The summed E-state index contributed by atoms with van der Waals surface area (Å²) in [6, 6.07) is 26.9. The Labute approximate surface area is 223 Å². The normalized spacial score (nSPS) is 10.4. The van der Waals surface area contributed by atoms with E-state index in [4.69, 9.17) is 10.1 Å². The zero-order chi connectivity index (χ0) is 26.3. The Hall–Kier alpha value is -5.20. The van der Waals surface area contributed by atoms with Gasteiger partial charge in [0, 0.05) is 23.8 Å². The van der Waals surface area contributed by atoms with Crippen LogP contribution in [0.3, 0.4) is 0 Å². The van der Waals surface area contributed by atoms with Crippen molar-refractivity contribution < 1.29 is 9.53 Å². The molecule has 0 saturated heterocycles. The Morgan fingerprint density at radius 1 is 1.03 bits per heavy atom. The molecule has 186 valence electrons. The predicted molar refractivity (Wildman–Crippen MR) is 151 cm³/mol. The summed E-state index contributed by atoms with van der Waals surface area (Å²) >= 11 is 1.33. The molecule has 0 fully saturated rings. The van der Waals surface area contributed by atoms with Crippen LogP contribution in [-0.2, 0) is 6.54 Å². The molecule has 0 saturated carbocycles. The van der Waals surface area contributed by atoms with Crippen molar-refractivity contribution in [1.82, 2.24) is 4.98 Å². The second-order valence-electron chi connectivity index (χ2n) is 8.16. The number of anilines is 3. The number of amidine groups is 1. The van der Waals surface area contributed by atoms with Gasteiger partial charge >= 0.3 is 6.02 Å². The maximum atomic E-state index is 13.1. The number of hydrogen-bond donors (Lipinski definition) is 3. The van der Waals surface area contributed by atoms with Crippen LogP contribution >= 0.6 is 11.3 Å². The molecular weight excluding hydrogens is 496 g/mol. The first-order valence-electron chi connectivity index (χ1n) is 11.7. The quantitative estimate of drug-likeness (QED) is 0.0986. The molecule has 0 aliphatic heterocycles. The number of nitrogens with one attached hydrogen (secondary N) is 3. The molecule has 0 unspecified atom stereocenters. The monoisotopic (exact) mass is 518 g/mol. The Morgan fingerprint density at radius 3 is 2.68 bits per heavy atom. The van der Waals surface area contributed by atoms with E-state index in [2.05, 4.69) is 15.6 Å². The number of nitrogens with zero attached hydrogens (tertiary/aromatic N) is 3. The van der Waals surface area contributed by atoms with Gasteiger partial charge in [-0.2, -0.15) is 10.2 Å². The average Bonchev–Trinajstić information content (AvgIpc) is 3.42. The van der Waals surface area contributed by atoms with E-state index in [1.807, 2.05) is 54.0 Å². The maximum absolute atomic E-state index is 13.1. The zero-order valence-electron chi connectivity index (χ0n) is 20.1. The van der Waals surface area contributed by atoms with Crippen molar-refractivity contribution >= 4 is 51.2 Å². The number of carbonyl (C=O) groups is 1. The molecule has 0 spiro atoms. The van der Waals surface area contributed by atoms with E-state index in [-0.39, 0.29) is 11.9 Å². The largest absolute Gasteiger partial charge is 0.425 e. The molecule has 0 aliphatic carbocycles. The number of hydrogen-bond acceptors (Lipinski definition) is 7. The van der Waals surface area contributed by atoms with Gasteiger partial charge in [-0.15, -0.1) is 11.3 Å². The third kappa shape index (κ3) is 5.46. The van der Waals surface area contributed by atoms with Gasteiger partial charge in [0.05, 0.1) is 16.9 Å². The van der Waals surface area contributed by atoms with Crippen molar-refractivity contribution in [1.29, 1.82) is 10.7 Å². The van der Waals surface area contributed by atoms with Gasteiger partial charge in [-0.25, -0.2) is 5.41 Å². The number of ether oxygens (including phenoxy) is 1. The molecule has 5 rings (SSSR count). The summed E-state index contributed by atoms with van der Waals surface area (Å²) in [5.41, 5.74) is 3.60. The second kappa shape index (κ2) is 11.2. The van der Waals surface area contributed by atoms with Crippen molar-refractivity contribution in [2.45, 2.75) is 6.54 Å². The molecule has 0 aliphatic rings. The fourth-order valence-electron chi connectivity index (χ4n) is 3.90. The summed E-state index contributed by atoms with van der Waals surface area (Å²) in [5, 5.41) is 27.1. The number of amides is 1. The number of thiophene rings is 1. The maximum Gasteiger partial charge on any atom is 0.308 e. The van der Waals surface area contributed by atoms with Gasteiger partial charge in [0.1, 0.15) is 10.6 Å². The van der Waals surface area contributed by atoms with Gasteiger partial charge in [-0.05, 0) is 59.5 Å². The number of carbonyl (C=O) groups excluding carboxylic acids is 1. The van der Waals surface area contributed by atoms with Gasteiger partial charge < -0.3 is 15.4 Å². The summed E-state index contributed by atoms with van der Waals surface area (Å²) in [6.45, 7) is 0.538. The van der Waals surface area contributed by atoms with Crippen LogP contribution in [-0.4, -0.2) is 16.9 Å². The molecule has 2 heterocycles. The Bertz CT molecular complexity index is 1640. The number of nitriles is 1. The summed E-state index contributed by atoms with van der Waals surface area (Å²) < 4.78 is 5.50. The minimum Gasteiger partial charge on any atom is -0.425 e. The molecule has 3 N–H and O–H groups in total. The number of aromatic nitrogens is 1. The first kappa shape index (κ1) is 24.5. The van der Waals surface area contributed by atoms with Crippen LogP contribution in [0.5, 0.6) is 5.75 Å². The Balaban J connectivity index is 1.28. The summed E-state index contributed by atoms with van der Waals surface area (Å²) in [5.74, 6) is 0.165. The molecule has 0 bridgehead atoms. The van der Waals surface area contributed by atoms with E-state index in [9.17, 15) is 10.1 Å². The van der Waals surface area contributed by atoms with Crippen LogP contribution in [0.15, 0.2) is 103 Å². The molecule has 0 atom stereocenters. The third-order valence-corrected chi connectivity index (χ3v) is 6.62. The van der Waals surface area contributed by atoms with Gasteiger partial charge in [0.25, 0.3) is 5.91 Å².